The van der Waals surface area contributed by atoms with Crippen LogP contribution in [-0.4, -0.2) is 22.5 Å². The molecule has 0 aromatic heterocycles. The highest BCUT2D eigenvalue weighted by Crippen LogP contribution is 2.63. The molecular weight excluding hydrogens is 206 g/mol. The van der Waals surface area contributed by atoms with Crippen LogP contribution in [0.3, 0.4) is 0 Å². The third kappa shape index (κ3) is 1.35. The number of hydrogen-bond donors (Lipinski definition) is 2. The lowest BCUT2D eigenvalue weighted by Crippen LogP contribution is -2.44. The van der Waals surface area contributed by atoms with Gasteiger partial charge in [0.25, 0.3) is 0 Å². The zero-order valence-corrected chi connectivity index (χ0v) is 9.29. The van der Waals surface area contributed by atoms with Crippen LogP contribution in [0.15, 0.2) is 0 Å². The predicted octanol–water partition coefficient (Wildman–Crippen LogP) is 1.30. The molecule has 0 heterocycles. The molecule has 0 aromatic carbocycles. The number of carboxylic acids is 1. The molecule has 4 heteroatoms. The van der Waals surface area contributed by atoms with E-state index in [-0.39, 0.29) is 17.2 Å². The number of hydrogen-bond acceptors (Lipinski definition) is 2. The van der Waals surface area contributed by atoms with Gasteiger partial charge in [-0.2, -0.15) is 0 Å². The van der Waals surface area contributed by atoms with E-state index in [1.807, 2.05) is 0 Å². The second kappa shape index (κ2) is 2.99. The Bertz CT molecular complexity index is 353. The Morgan fingerprint density at radius 1 is 1.12 bits per heavy atom. The summed E-state index contributed by atoms with van der Waals surface area (Å²) in [6.07, 6.45) is 6.94. The van der Waals surface area contributed by atoms with Crippen LogP contribution in [-0.2, 0) is 9.59 Å². The second-order valence-electron chi connectivity index (χ2n) is 5.70. The summed E-state index contributed by atoms with van der Waals surface area (Å²) in [4.78, 5) is 22.9. The van der Waals surface area contributed by atoms with Crippen molar-refractivity contribution in [3.63, 3.8) is 0 Å². The first-order chi connectivity index (χ1) is 7.58. The van der Waals surface area contributed by atoms with Gasteiger partial charge >= 0.3 is 5.97 Å². The van der Waals surface area contributed by atoms with Crippen molar-refractivity contribution in [2.24, 2.45) is 11.3 Å². The van der Waals surface area contributed by atoms with Crippen LogP contribution in [0.1, 0.15) is 44.9 Å². The fourth-order valence-electron chi connectivity index (χ4n) is 3.19. The first-order valence-electron chi connectivity index (χ1n) is 6.14. The zero-order valence-electron chi connectivity index (χ0n) is 9.29. The zero-order chi connectivity index (χ0) is 11.4. The minimum absolute atomic E-state index is 0.0122. The number of amides is 1. The Hall–Kier alpha value is -1.06. The van der Waals surface area contributed by atoms with Crippen molar-refractivity contribution in [3.05, 3.63) is 0 Å². The van der Waals surface area contributed by atoms with Gasteiger partial charge in [-0.15, -0.1) is 0 Å². The van der Waals surface area contributed by atoms with Gasteiger partial charge in [-0.3, -0.25) is 4.79 Å². The highest BCUT2D eigenvalue weighted by Gasteiger charge is 2.61. The Morgan fingerprint density at radius 3 is 2.25 bits per heavy atom. The van der Waals surface area contributed by atoms with Crippen LogP contribution in [0.5, 0.6) is 0 Å². The van der Waals surface area contributed by atoms with E-state index in [1.54, 1.807) is 0 Å². The van der Waals surface area contributed by atoms with Crippen LogP contribution in [0.4, 0.5) is 0 Å². The Balaban J connectivity index is 1.61. The average Bonchev–Trinajstić information content (AvgIpc) is 3.06. The minimum Gasteiger partial charge on any atom is -0.480 e. The Kier molecular flexibility index (Phi) is 1.89. The van der Waals surface area contributed by atoms with Crippen molar-refractivity contribution in [3.8, 4) is 0 Å². The lowest BCUT2D eigenvalue weighted by molar-refractivity contribution is -0.143. The molecule has 3 aliphatic rings. The Labute approximate surface area is 94.4 Å². The highest BCUT2D eigenvalue weighted by atomic mass is 16.4. The first kappa shape index (κ1) is 10.1. The van der Waals surface area contributed by atoms with Gasteiger partial charge in [-0.1, -0.05) is 12.8 Å². The summed E-state index contributed by atoms with van der Waals surface area (Å²) in [7, 11) is 0. The summed E-state index contributed by atoms with van der Waals surface area (Å²) in [6, 6.07) is 0. The van der Waals surface area contributed by atoms with E-state index in [9.17, 15) is 9.59 Å². The maximum Gasteiger partial charge on any atom is 0.329 e. The standard InChI is InChI=1S/C12H17NO3/c14-9(13-12(5-6-12)10(15)16)8-7-11(8)3-1-2-4-11/h8H,1-7H2,(H,13,14)(H,15,16). The quantitative estimate of drug-likeness (QED) is 0.757. The SMILES string of the molecule is O=C(NC1(C(=O)O)CC1)C1CC12CCCC2. The topological polar surface area (TPSA) is 66.4 Å². The summed E-state index contributed by atoms with van der Waals surface area (Å²) in [5.41, 5.74) is -0.641. The highest BCUT2D eigenvalue weighted by molar-refractivity contribution is 5.91. The van der Waals surface area contributed by atoms with Gasteiger partial charge in [0, 0.05) is 5.92 Å². The summed E-state index contributed by atoms with van der Waals surface area (Å²) >= 11 is 0. The van der Waals surface area contributed by atoms with Gasteiger partial charge in [0.1, 0.15) is 5.54 Å². The number of nitrogens with one attached hydrogen (secondary N) is 1. The van der Waals surface area contributed by atoms with Gasteiger partial charge in [-0.05, 0) is 37.5 Å². The molecule has 16 heavy (non-hydrogen) atoms. The predicted molar refractivity (Wildman–Crippen MR) is 56.8 cm³/mol. The maximum atomic E-state index is 12.0. The number of rotatable bonds is 3. The molecular formula is C12H17NO3. The molecule has 0 saturated heterocycles. The van der Waals surface area contributed by atoms with Crippen LogP contribution < -0.4 is 5.32 Å². The fraction of sp³-hybridized carbons (Fsp3) is 0.833. The molecule has 3 saturated carbocycles. The van der Waals surface area contributed by atoms with E-state index in [2.05, 4.69) is 5.32 Å². The van der Waals surface area contributed by atoms with Gasteiger partial charge in [0.15, 0.2) is 0 Å². The molecule has 0 radical (unpaired) electrons. The molecule has 1 spiro atoms. The second-order valence-corrected chi connectivity index (χ2v) is 5.70. The molecule has 0 bridgehead atoms. The number of carboxylic acid groups (broad SMARTS) is 1. The molecule has 3 rings (SSSR count). The molecule has 1 unspecified atom stereocenters. The first-order valence-corrected chi connectivity index (χ1v) is 6.14. The normalized spacial score (nSPS) is 32.4. The molecule has 3 aliphatic carbocycles. The molecule has 1 atom stereocenters. The molecule has 1 amide bonds. The third-order valence-corrected chi connectivity index (χ3v) is 4.63. The number of aliphatic carboxylic acids is 1. The molecule has 3 fully saturated rings. The number of carbonyl (C=O) groups is 2. The van der Waals surface area contributed by atoms with E-state index in [0.717, 1.165) is 19.3 Å². The van der Waals surface area contributed by atoms with E-state index in [1.165, 1.54) is 12.8 Å². The smallest absolute Gasteiger partial charge is 0.329 e. The summed E-state index contributed by atoms with van der Waals surface area (Å²) in [5.74, 6) is -0.782. The Morgan fingerprint density at radius 2 is 1.75 bits per heavy atom. The van der Waals surface area contributed by atoms with E-state index in [0.29, 0.717) is 12.8 Å². The summed E-state index contributed by atoms with van der Waals surface area (Å²) < 4.78 is 0. The maximum absolute atomic E-state index is 12.0. The lowest BCUT2D eigenvalue weighted by Gasteiger charge is -2.14. The van der Waals surface area contributed by atoms with Gasteiger partial charge in [-0.25, -0.2) is 4.79 Å². The van der Waals surface area contributed by atoms with Gasteiger partial charge < -0.3 is 10.4 Å². The largest absolute Gasteiger partial charge is 0.480 e. The fourth-order valence-corrected chi connectivity index (χ4v) is 3.19. The van der Waals surface area contributed by atoms with Crippen LogP contribution >= 0.6 is 0 Å². The average molecular weight is 223 g/mol. The molecule has 88 valence electrons. The van der Waals surface area contributed by atoms with E-state index in [4.69, 9.17) is 5.11 Å². The van der Waals surface area contributed by atoms with Crippen molar-refractivity contribution in [2.45, 2.75) is 50.5 Å². The third-order valence-electron chi connectivity index (χ3n) is 4.63. The molecule has 2 N–H and O–H groups in total. The van der Waals surface area contributed by atoms with Crippen LogP contribution in [0, 0.1) is 11.3 Å². The molecule has 0 aromatic rings. The van der Waals surface area contributed by atoms with Crippen molar-refractivity contribution in [1.29, 1.82) is 0 Å². The van der Waals surface area contributed by atoms with E-state index < -0.39 is 11.5 Å². The minimum atomic E-state index is -0.903. The van der Waals surface area contributed by atoms with Crippen LogP contribution in [0.25, 0.3) is 0 Å². The van der Waals surface area contributed by atoms with Gasteiger partial charge in [0.2, 0.25) is 5.91 Å². The van der Waals surface area contributed by atoms with Crippen molar-refractivity contribution in [2.75, 3.05) is 0 Å². The van der Waals surface area contributed by atoms with Gasteiger partial charge in [0.05, 0.1) is 0 Å². The lowest BCUT2D eigenvalue weighted by atomic mass is 10.0. The van der Waals surface area contributed by atoms with Crippen molar-refractivity contribution >= 4 is 11.9 Å². The molecule has 0 aliphatic heterocycles. The van der Waals surface area contributed by atoms with Crippen LogP contribution in [0.2, 0.25) is 0 Å². The monoisotopic (exact) mass is 223 g/mol. The van der Waals surface area contributed by atoms with E-state index >= 15 is 0 Å². The number of carbonyl (C=O) groups excluding carboxylic acids is 1. The summed E-state index contributed by atoms with van der Waals surface area (Å²) in [5, 5.41) is 11.7. The molecule has 4 nitrogen and oxygen atoms in total. The summed E-state index contributed by atoms with van der Waals surface area (Å²) in [6.45, 7) is 0. The van der Waals surface area contributed by atoms with Crippen molar-refractivity contribution < 1.29 is 14.7 Å². The van der Waals surface area contributed by atoms with Crippen molar-refractivity contribution in [1.82, 2.24) is 5.32 Å².